The van der Waals surface area contributed by atoms with Gasteiger partial charge in [-0.3, -0.25) is 4.90 Å². The Bertz CT molecular complexity index is 510. The molecule has 0 unspecified atom stereocenters. The van der Waals surface area contributed by atoms with Crippen LogP contribution in [0.3, 0.4) is 0 Å². The summed E-state index contributed by atoms with van der Waals surface area (Å²) in [5, 5.41) is 8.65. The molecule has 1 aliphatic rings. The number of piperidine rings is 1. The van der Waals surface area contributed by atoms with Crippen LogP contribution in [-0.2, 0) is 4.79 Å². The molecule has 0 radical (unpaired) electrons. The van der Waals surface area contributed by atoms with Crippen molar-refractivity contribution in [2.75, 3.05) is 26.2 Å². The van der Waals surface area contributed by atoms with Crippen molar-refractivity contribution in [2.24, 2.45) is 0 Å². The fraction of sp³-hybridized carbons (Fsp3) is 0.438. The number of halogens is 1. The molecule has 0 bridgehead atoms. The lowest BCUT2D eigenvalue weighted by molar-refractivity contribution is -0.131. The second-order valence-electron chi connectivity index (χ2n) is 5.10. The number of carboxylic acid groups (broad SMARTS) is 1. The first-order valence-corrected chi connectivity index (χ1v) is 7.21. The van der Waals surface area contributed by atoms with Crippen molar-refractivity contribution in [3.05, 3.63) is 35.7 Å². The number of ether oxygens (including phenoxy) is 1. The van der Waals surface area contributed by atoms with E-state index in [0.29, 0.717) is 17.9 Å². The summed E-state index contributed by atoms with van der Waals surface area (Å²) in [5.41, 5.74) is 0.441. The van der Waals surface area contributed by atoms with Crippen LogP contribution in [0.1, 0.15) is 24.8 Å². The molecule has 1 heterocycles. The first kappa shape index (κ1) is 15.5. The number of hydrogen-bond acceptors (Lipinski definition) is 3. The number of rotatable bonds is 6. The van der Waals surface area contributed by atoms with E-state index in [9.17, 15) is 9.18 Å². The third kappa shape index (κ3) is 5.19. The van der Waals surface area contributed by atoms with Crippen LogP contribution in [0.5, 0.6) is 5.75 Å². The van der Waals surface area contributed by atoms with Gasteiger partial charge in [0.15, 0.2) is 0 Å². The molecule has 5 heteroatoms. The van der Waals surface area contributed by atoms with Crippen LogP contribution in [0.2, 0.25) is 0 Å². The van der Waals surface area contributed by atoms with Gasteiger partial charge in [0, 0.05) is 18.2 Å². The summed E-state index contributed by atoms with van der Waals surface area (Å²) in [6.45, 7) is 3.54. The highest BCUT2D eigenvalue weighted by molar-refractivity contribution is 5.85. The van der Waals surface area contributed by atoms with Crippen molar-refractivity contribution >= 4 is 12.0 Å². The van der Waals surface area contributed by atoms with Crippen LogP contribution in [0.15, 0.2) is 24.3 Å². The molecule has 1 aliphatic heterocycles. The predicted molar refractivity (Wildman–Crippen MR) is 78.9 cm³/mol. The van der Waals surface area contributed by atoms with Crippen molar-refractivity contribution in [2.45, 2.75) is 19.3 Å². The molecule has 4 nitrogen and oxygen atoms in total. The topological polar surface area (TPSA) is 49.8 Å². The summed E-state index contributed by atoms with van der Waals surface area (Å²) in [6, 6.07) is 4.12. The van der Waals surface area contributed by atoms with E-state index in [-0.39, 0.29) is 0 Å². The third-order valence-electron chi connectivity index (χ3n) is 3.49. The highest BCUT2D eigenvalue weighted by Gasteiger charge is 2.10. The minimum Gasteiger partial charge on any atom is -0.492 e. The fourth-order valence-corrected chi connectivity index (χ4v) is 2.41. The molecule has 0 saturated carbocycles. The molecule has 0 aromatic heterocycles. The van der Waals surface area contributed by atoms with Crippen LogP contribution in [-0.4, -0.2) is 42.2 Å². The molecule has 1 aromatic carbocycles. The van der Waals surface area contributed by atoms with Crippen LogP contribution >= 0.6 is 0 Å². The van der Waals surface area contributed by atoms with E-state index in [4.69, 9.17) is 9.84 Å². The number of aliphatic carboxylic acids is 1. The van der Waals surface area contributed by atoms with Crippen LogP contribution in [0.4, 0.5) is 4.39 Å². The second kappa shape index (κ2) is 7.78. The highest BCUT2D eigenvalue weighted by atomic mass is 19.1. The summed E-state index contributed by atoms with van der Waals surface area (Å²) in [4.78, 5) is 12.9. The quantitative estimate of drug-likeness (QED) is 0.819. The molecule has 2 rings (SSSR count). The summed E-state index contributed by atoms with van der Waals surface area (Å²) < 4.78 is 18.9. The van der Waals surface area contributed by atoms with Crippen molar-refractivity contribution in [1.29, 1.82) is 0 Å². The second-order valence-corrected chi connectivity index (χ2v) is 5.10. The third-order valence-corrected chi connectivity index (χ3v) is 3.49. The molecular weight excluding hydrogens is 273 g/mol. The van der Waals surface area contributed by atoms with E-state index in [1.165, 1.54) is 43.5 Å². The number of nitrogens with zero attached hydrogens (tertiary/aromatic N) is 1. The van der Waals surface area contributed by atoms with Crippen molar-refractivity contribution in [1.82, 2.24) is 4.90 Å². The van der Waals surface area contributed by atoms with Gasteiger partial charge in [0.05, 0.1) is 0 Å². The van der Waals surface area contributed by atoms with Gasteiger partial charge >= 0.3 is 5.97 Å². The summed E-state index contributed by atoms with van der Waals surface area (Å²) >= 11 is 0. The van der Waals surface area contributed by atoms with E-state index in [1.54, 1.807) is 0 Å². The van der Waals surface area contributed by atoms with E-state index < -0.39 is 11.8 Å². The molecule has 114 valence electrons. The zero-order chi connectivity index (χ0) is 15.1. The smallest absolute Gasteiger partial charge is 0.328 e. The van der Waals surface area contributed by atoms with Crippen LogP contribution < -0.4 is 4.74 Å². The normalized spacial score (nSPS) is 16.2. The Labute approximate surface area is 123 Å². The number of carbonyl (C=O) groups is 1. The highest BCUT2D eigenvalue weighted by Crippen LogP contribution is 2.21. The number of carboxylic acids is 1. The monoisotopic (exact) mass is 293 g/mol. The zero-order valence-electron chi connectivity index (χ0n) is 11.9. The maximum absolute atomic E-state index is 13.2. The molecule has 0 spiro atoms. The molecule has 0 atom stereocenters. The number of likely N-dealkylation sites (tertiary alicyclic amines) is 1. The molecule has 1 fully saturated rings. The molecule has 21 heavy (non-hydrogen) atoms. The Balaban J connectivity index is 1.93. The van der Waals surface area contributed by atoms with Crippen molar-refractivity contribution in [3.63, 3.8) is 0 Å². The first-order chi connectivity index (χ1) is 10.1. The first-order valence-electron chi connectivity index (χ1n) is 7.21. The molecule has 1 aromatic rings. The molecular formula is C16H20FNO3. The number of hydrogen-bond donors (Lipinski definition) is 1. The summed E-state index contributed by atoms with van der Waals surface area (Å²) in [6.07, 6.45) is 6.07. The van der Waals surface area contributed by atoms with Gasteiger partial charge in [-0.05, 0) is 50.2 Å². The van der Waals surface area contributed by atoms with Gasteiger partial charge in [0.1, 0.15) is 18.2 Å². The van der Waals surface area contributed by atoms with Gasteiger partial charge in [-0.25, -0.2) is 9.18 Å². The van der Waals surface area contributed by atoms with Gasteiger partial charge in [-0.1, -0.05) is 6.42 Å². The molecule has 0 aliphatic carbocycles. The number of benzene rings is 1. The van der Waals surface area contributed by atoms with Crippen LogP contribution in [0.25, 0.3) is 6.08 Å². The molecule has 1 saturated heterocycles. The lowest BCUT2D eigenvalue weighted by Gasteiger charge is -2.26. The lowest BCUT2D eigenvalue weighted by Crippen LogP contribution is -2.33. The summed E-state index contributed by atoms with van der Waals surface area (Å²) in [7, 11) is 0. The Morgan fingerprint density at radius 3 is 2.81 bits per heavy atom. The Morgan fingerprint density at radius 2 is 2.10 bits per heavy atom. The molecule has 1 N–H and O–H groups in total. The average Bonchev–Trinajstić information content (AvgIpc) is 2.48. The Kier molecular flexibility index (Phi) is 5.75. The van der Waals surface area contributed by atoms with E-state index in [0.717, 1.165) is 25.7 Å². The Morgan fingerprint density at radius 1 is 1.33 bits per heavy atom. The van der Waals surface area contributed by atoms with Gasteiger partial charge in [-0.2, -0.15) is 0 Å². The minimum absolute atomic E-state index is 0.414. The van der Waals surface area contributed by atoms with Gasteiger partial charge in [-0.15, -0.1) is 0 Å². The van der Waals surface area contributed by atoms with E-state index >= 15 is 0 Å². The SMILES string of the molecule is O=C(O)/C=C/c1cc(F)ccc1OCCN1CCCCC1. The van der Waals surface area contributed by atoms with Gasteiger partial charge in [0.25, 0.3) is 0 Å². The maximum atomic E-state index is 13.2. The Hall–Kier alpha value is -1.88. The average molecular weight is 293 g/mol. The maximum Gasteiger partial charge on any atom is 0.328 e. The fourth-order valence-electron chi connectivity index (χ4n) is 2.41. The van der Waals surface area contributed by atoms with Gasteiger partial charge in [0.2, 0.25) is 0 Å². The van der Waals surface area contributed by atoms with Gasteiger partial charge < -0.3 is 9.84 Å². The van der Waals surface area contributed by atoms with E-state index in [2.05, 4.69) is 4.90 Å². The molecule has 0 amide bonds. The standard InChI is InChI=1S/C16H20FNO3/c17-14-5-6-15(13(12-14)4-7-16(19)20)21-11-10-18-8-2-1-3-9-18/h4-7,12H,1-3,8-11H2,(H,19,20)/b7-4+. The largest absolute Gasteiger partial charge is 0.492 e. The van der Waals surface area contributed by atoms with E-state index in [1.807, 2.05) is 0 Å². The zero-order valence-corrected chi connectivity index (χ0v) is 11.9. The van der Waals surface area contributed by atoms with Crippen LogP contribution in [0, 0.1) is 5.82 Å². The lowest BCUT2D eigenvalue weighted by atomic mass is 10.1. The van der Waals surface area contributed by atoms with Crippen molar-refractivity contribution < 1.29 is 19.0 Å². The van der Waals surface area contributed by atoms with Crippen molar-refractivity contribution in [3.8, 4) is 5.75 Å². The predicted octanol–water partition coefficient (Wildman–Crippen LogP) is 2.79. The summed E-state index contributed by atoms with van der Waals surface area (Å²) in [5.74, 6) is -0.979. The minimum atomic E-state index is -1.07.